The number of ether oxygens (including phenoxy) is 1. The monoisotopic (exact) mass is 375 g/mol. The fraction of sp³-hybridized carbons (Fsp3) is 0.625. The Morgan fingerprint density at radius 1 is 1.21 bits per heavy atom. The number of halogens is 1. The second kappa shape index (κ2) is 9.72. The lowest BCUT2D eigenvalue weighted by Gasteiger charge is -2.20. The van der Waals surface area contributed by atoms with Crippen LogP contribution >= 0.6 is 22.6 Å². The quantitative estimate of drug-likeness (QED) is 0.525. The Bertz CT molecular complexity index is 337. The first-order valence-electron chi connectivity index (χ1n) is 7.06. The minimum atomic E-state index is 0.705. The Balaban J connectivity index is 2.46. The van der Waals surface area contributed by atoms with Gasteiger partial charge in [-0.2, -0.15) is 0 Å². The van der Waals surface area contributed by atoms with Crippen LogP contribution in [-0.2, 0) is 11.2 Å². The molecule has 0 aliphatic rings. The van der Waals surface area contributed by atoms with E-state index in [9.17, 15) is 0 Å². The van der Waals surface area contributed by atoms with E-state index >= 15 is 0 Å². The van der Waals surface area contributed by atoms with Crippen LogP contribution in [0.4, 0.5) is 0 Å². The first-order valence-corrected chi connectivity index (χ1v) is 8.13. The number of hydrogen-bond donors (Lipinski definition) is 1. The number of nitrogens with one attached hydrogen (secondary N) is 1. The van der Waals surface area contributed by atoms with Crippen molar-refractivity contribution in [2.24, 2.45) is 11.8 Å². The Morgan fingerprint density at radius 2 is 1.89 bits per heavy atom. The van der Waals surface area contributed by atoms with Gasteiger partial charge in [-0.15, -0.1) is 0 Å². The van der Waals surface area contributed by atoms with Crippen molar-refractivity contribution in [3.63, 3.8) is 0 Å². The van der Waals surface area contributed by atoms with Crippen LogP contribution in [-0.4, -0.2) is 26.8 Å². The third-order valence-electron chi connectivity index (χ3n) is 3.16. The summed E-state index contributed by atoms with van der Waals surface area (Å²) in [5.74, 6) is 1.45. The molecule has 1 N–H and O–H groups in total. The van der Waals surface area contributed by atoms with Gasteiger partial charge in [-0.25, -0.2) is 0 Å². The summed E-state index contributed by atoms with van der Waals surface area (Å²) < 4.78 is 6.38. The van der Waals surface area contributed by atoms with Gasteiger partial charge in [0.05, 0.1) is 6.61 Å². The summed E-state index contributed by atoms with van der Waals surface area (Å²) in [4.78, 5) is 0. The number of hydrogen-bond acceptors (Lipinski definition) is 2. The average Bonchev–Trinajstić information content (AvgIpc) is 2.36. The van der Waals surface area contributed by atoms with Gasteiger partial charge in [0, 0.05) is 17.2 Å². The third-order valence-corrected chi connectivity index (χ3v) is 3.88. The second-order valence-corrected chi connectivity index (χ2v) is 6.77. The predicted molar refractivity (Wildman–Crippen MR) is 90.6 cm³/mol. The van der Waals surface area contributed by atoms with Gasteiger partial charge in [0.15, 0.2) is 0 Å². The molecule has 0 aliphatic carbocycles. The largest absolute Gasteiger partial charge is 0.383 e. The molecular formula is C16H26INO. The van der Waals surface area contributed by atoms with Gasteiger partial charge in [-0.3, -0.25) is 0 Å². The lowest BCUT2D eigenvalue weighted by Crippen LogP contribution is -2.28. The third kappa shape index (κ3) is 7.90. The maximum absolute atomic E-state index is 5.07. The summed E-state index contributed by atoms with van der Waals surface area (Å²) in [7, 11) is 1.75. The minimum absolute atomic E-state index is 0.705. The highest BCUT2D eigenvalue weighted by atomic mass is 127. The zero-order valence-corrected chi connectivity index (χ0v) is 14.4. The van der Waals surface area contributed by atoms with E-state index in [2.05, 4.69) is 66.0 Å². The highest BCUT2D eigenvalue weighted by Gasteiger charge is 2.11. The first-order chi connectivity index (χ1) is 9.11. The number of benzene rings is 1. The van der Waals surface area contributed by atoms with Gasteiger partial charge in [0.1, 0.15) is 0 Å². The van der Waals surface area contributed by atoms with Crippen molar-refractivity contribution in [3.05, 3.63) is 33.4 Å². The van der Waals surface area contributed by atoms with E-state index in [-0.39, 0.29) is 0 Å². The summed E-state index contributed by atoms with van der Waals surface area (Å²) in [5, 5.41) is 3.50. The molecule has 1 atom stereocenters. The highest BCUT2D eigenvalue weighted by Crippen LogP contribution is 2.17. The van der Waals surface area contributed by atoms with Crippen LogP contribution in [0, 0.1) is 15.4 Å². The zero-order chi connectivity index (χ0) is 14.1. The van der Waals surface area contributed by atoms with Crippen LogP contribution in [0.2, 0.25) is 0 Å². The van der Waals surface area contributed by atoms with E-state index < -0.39 is 0 Å². The van der Waals surface area contributed by atoms with Crippen LogP contribution in [0.3, 0.4) is 0 Å². The summed E-state index contributed by atoms with van der Waals surface area (Å²) in [6.07, 6.45) is 2.43. The molecule has 108 valence electrons. The highest BCUT2D eigenvalue weighted by molar-refractivity contribution is 14.1. The molecular weight excluding hydrogens is 349 g/mol. The average molecular weight is 375 g/mol. The van der Waals surface area contributed by atoms with Crippen molar-refractivity contribution in [3.8, 4) is 0 Å². The Labute approximate surface area is 131 Å². The van der Waals surface area contributed by atoms with Crippen LogP contribution < -0.4 is 5.32 Å². The molecule has 0 fully saturated rings. The maximum Gasteiger partial charge on any atom is 0.0587 e. The van der Waals surface area contributed by atoms with Gasteiger partial charge in [0.25, 0.3) is 0 Å². The van der Waals surface area contributed by atoms with E-state index in [1.54, 1.807) is 7.11 Å². The molecule has 1 rings (SSSR count). The molecule has 19 heavy (non-hydrogen) atoms. The second-order valence-electron chi connectivity index (χ2n) is 5.52. The van der Waals surface area contributed by atoms with Crippen molar-refractivity contribution in [1.82, 2.24) is 5.32 Å². The van der Waals surface area contributed by atoms with Gasteiger partial charge in [0.2, 0.25) is 0 Å². The fourth-order valence-corrected chi connectivity index (χ4v) is 2.70. The molecule has 0 amide bonds. The molecule has 0 spiro atoms. The Hall–Kier alpha value is -0.130. The summed E-state index contributed by atoms with van der Waals surface area (Å²) in [6, 6.07) is 8.90. The topological polar surface area (TPSA) is 21.3 Å². The summed E-state index contributed by atoms with van der Waals surface area (Å²) in [5.41, 5.74) is 1.44. The standard InChI is InChI=1S/C16H26INO/c1-13(2)10-15(12-18-8-9-19-3)11-14-4-6-16(17)7-5-14/h4-7,13,15,18H,8-12H2,1-3H3. The number of methoxy groups -OCH3 is 1. The normalized spacial score (nSPS) is 12.9. The molecule has 0 aromatic heterocycles. The summed E-state index contributed by atoms with van der Waals surface area (Å²) in [6.45, 7) is 7.41. The molecule has 1 aromatic carbocycles. The lowest BCUT2D eigenvalue weighted by atomic mass is 9.91. The summed E-state index contributed by atoms with van der Waals surface area (Å²) >= 11 is 2.36. The van der Waals surface area contributed by atoms with Crippen LogP contribution in [0.5, 0.6) is 0 Å². The number of rotatable bonds is 9. The van der Waals surface area contributed by atoms with Gasteiger partial charge < -0.3 is 10.1 Å². The van der Waals surface area contributed by atoms with Crippen LogP contribution in [0.25, 0.3) is 0 Å². The lowest BCUT2D eigenvalue weighted by molar-refractivity contribution is 0.197. The molecule has 0 radical (unpaired) electrons. The van der Waals surface area contributed by atoms with E-state index in [0.29, 0.717) is 5.92 Å². The van der Waals surface area contributed by atoms with Gasteiger partial charge in [-0.05, 0) is 71.5 Å². The SMILES string of the molecule is COCCNCC(Cc1ccc(I)cc1)CC(C)C. The first kappa shape index (κ1) is 16.9. The Kier molecular flexibility index (Phi) is 8.66. The fourth-order valence-electron chi connectivity index (χ4n) is 2.34. The predicted octanol–water partition coefficient (Wildman–Crippen LogP) is 3.73. The van der Waals surface area contributed by atoms with Gasteiger partial charge in [-0.1, -0.05) is 26.0 Å². The molecule has 2 nitrogen and oxygen atoms in total. The van der Waals surface area contributed by atoms with Crippen LogP contribution in [0.15, 0.2) is 24.3 Å². The molecule has 1 aromatic rings. The molecule has 0 aliphatic heterocycles. The molecule has 0 bridgehead atoms. The van der Waals surface area contributed by atoms with E-state index in [0.717, 1.165) is 32.0 Å². The molecule has 0 saturated heterocycles. The zero-order valence-electron chi connectivity index (χ0n) is 12.3. The van der Waals surface area contributed by atoms with Crippen molar-refractivity contribution in [2.75, 3.05) is 26.8 Å². The van der Waals surface area contributed by atoms with Crippen molar-refractivity contribution < 1.29 is 4.74 Å². The van der Waals surface area contributed by atoms with Gasteiger partial charge >= 0.3 is 0 Å². The molecule has 0 heterocycles. The van der Waals surface area contributed by atoms with E-state index in [1.165, 1.54) is 15.6 Å². The Morgan fingerprint density at radius 3 is 2.47 bits per heavy atom. The van der Waals surface area contributed by atoms with E-state index in [1.807, 2.05) is 0 Å². The van der Waals surface area contributed by atoms with Crippen LogP contribution in [0.1, 0.15) is 25.8 Å². The van der Waals surface area contributed by atoms with Crippen molar-refractivity contribution >= 4 is 22.6 Å². The van der Waals surface area contributed by atoms with E-state index in [4.69, 9.17) is 4.74 Å². The minimum Gasteiger partial charge on any atom is -0.383 e. The molecule has 0 saturated carbocycles. The van der Waals surface area contributed by atoms with Crippen molar-refractivity contribution in [1.29, 1.82) is 0 Å². The molecule has 1 unspecified atom stereocenters. The van der Waals surface area contributed by atoms with Crippen molar-refractivity contribution in [2.45, 2.75) is 26.7 Å². The molecule has 3 heteroatoms. The smallest absolute Gasteiger partial charge is 0.0587 e. The maximum atomic E-state index is 5.07.